The van der Waals surface area contributed by atoms with Crippen molar-refractivity contribution in [1.82, 2.24) is 0 Å². The van der Waals surface area contributed by atoms with Crippen LogP contribution in [-0.4, -0.2) is 23.1 Å². The normalized spacial score (nSPS) is 24.4. The van der Waals surface area contributed by atoms with Crippen molar-refractivity contribution in [2.45, 2.75) is 52.1 Å². The molecule has 0 aromatic carbocycles. The van der Waals surface area contributed by atoms with Crippen molar-refractivity contribution in [2.75, 3.05) is 0 Å². The van der Waals surface area contributed by atoms with Crippen LogP contribution in [0.4, 0.5) is 0 Å². The van der Waals surface area contributed by atoms with Gasteiger partial charge in [-0.2, -0.15) is 0 Å². The molecule has 0 spiro atoms. The third-order valence-electron chi connectivity index (χ3n) is 3.24. The third kappa shape index (κ3) is 5.84. The molecule has 1 N–H and O–H groups in total. The summed E-state index contributed by atoms with van der Waals surface area (Å²) in [5.74, 6) is -0.223. The van der Waals surface area contributed by atoms with Gasteiger partial charge in [0.2, 0.25) is 0 Å². The van der Waals surface area contributed by atoms with E-state index in [0.717, 1.165) is 43.8 Å². The lowest BCUT2D eigenvalue weighted by atomic mass is 9.82. The van der Waals surface area contributed by atoms with Crippen LogP contribution in [0.5, 0.6) is 0 Å². The SMILES string of the molecule is CC(C)CC1CCC(OC(=O)/C=C/C(=O)O)CC1. The van der Waals surface area contributed by atoms with E-state index in [-0.39, 0.29) is 6.10 Å². The smallest absolute Gasteiger partial charge is 0.331 e. The van der Waals surface area contributed by atoms with E-state index in [2.05, 4.69) is 13.8 Å². The summed E-state index contributed by atoms with van der Waals surface area (Å²) < 4.78 is 5.21. The number of esters is 1. The number of carbonyl (C=O) groups excluding carboxylic acids is 1. The Morgan fingerprint density at radius 1 is 1.22 bits per heavy atom. The van der Waals surface area contributed by atoms with Crippen molar-refractivity contribution in [3.05, 3.63) is 12.2 Å². The highest BCUT2D eigenvalue weighted by Crippen LogP contribution is 2.30. The van der Waals surface area contributed by atoms with Crippen molar-refractivity contribution in [1.29, 1.82) is 0 Å². The molecule has 0 bridgehead atoms. The predicted octanol–water partition coefficient (Wildman–Crippen LogP) is 2.78. The highest BCUT2D eigenvalue weighted by molar-refractivity contribution is 5.90. The fourth-order valence-electron chi connectivity index (χ4n) is 2.49. The number of ether oxygens (including phenoxy) is 1. The summed E-state index contributed by atoms with van der Waals surface area (Å²) in [6.07, 6.45) is 6.96. The molecule has 1 aliphatic rings. The summed E-state index contributed by atoms with van der Waals surface area (Å²) in [5.41, 5.74) is 0. The average molecular weight is 254 g/mol. The zero-order valence-electron chi connectivity index (χ0n) is 11.1. The van der Waals surface area contributed by atoms with Gasteiger partial charge >= 0.3 is 11.9 Å². The van der Waals surface area contributed by atoms with Gasteiger partial charge in [0.25, 0.3) is 0 Å². The molecule has 1 saturated carbocycles. The van der Waals surface area contributed by atoms with Crippen molar-refractivity contribution < 1.29 is 19.4 Å². The molecule has 0 radical (unpaired) electrons. The molecule has 18 heavy (non-hydrogen) atoms. The van der Waals surface area contributed by atoms with E-state index in [0.29, 0.717) is 5.92 Å². The van der Waals surface area contributed by atoms with Crippen LogP contribution in [0.15, 0.2) is 12.2 Å². The number of hydrogen-bond acceptors (Lipinski definition) is 3. The lowest BCUT2D eigenvalue weighted by molar-refractivity contribution is -0.145. The molecular formula is C14H22O4. The van der Waals surface area contributed by atoms with Crippen LogP contribution in [0, 0.1) is 11.8 Å². The van der Waals surface area contributed by atoms with Crippen molar-refractivity contribution in [3.8, 4) is 0 Å². The minimum Gasteiger partial charge on any atom is -0.478 e. The van der Waals surface area contributed by atoms with Gasteiger partial charge in [0.1, 0.15) is 6.10 Å². The molecule has 1 rings (SSSR count). The maximum absolute atomic E-state index is 11.3. The van der Waals surface area contributed by atoms with E-state index in [1.165, 1.54) is 6.42 Å². The van der Waals surface area contributed by atoms with Gasteiger partial charge in [-0.05, 0) is 43.9 Å². The van der Waals surface area contributed by atoms with Gasteiger partial charge in [0.15, 0.2) is 0 Å². The Morgan fingerprint density at radius 3 is 2.33 bits per heavy atom. The average Bonchev–Trinajstić information content (AvgIpc) is 2.28. The molecule has 0 heterocycles. The first kappa shape index (κ1) is 14.7. The Labute approximate surface area is 108 Å². The second-order valence-corrected chi connectivity index (χ2v) is 5.38. The molecule has 4 nitrogen and oxygen atoms in total. The van der Waals surface area contributed by atoms with E-state index in [1.807, 2.05) is 0 Å². The summed E-state index contributed by atoms with van der Waals surface area (Å²) in [7, 11) is 0. The minimum absolute atomic E-state index is 0.0423. The zero-order chi connectivity index (χ0) is 13.5. The molecular weight excluding hydrogens is 232 g/mol. The van der Waals surface area contributed by atoms with Gasteiger partial charge in [-0.15, -0.1) is 0 Å². The molecule has 0 aromatic heterocycles. The highest BCUT2D eigenvalue weighted by atomic mass is 16.5. The molecule has 0 aromatic rings. The second-order valence-electron chi connectivity index (χ2n) is 5.38. The summed E-state index contributed by atoms with van der Waals surface area (Å²) in [6, 6.07) is 0. The van der Waals surface area contributed by atoms with E-state index >= 15 is 0 Å². The highest BCUT2D eigenvalue weighted by Gasteiger charge is 2.23. The minimum atomic E-state index is -1.13. The molecule has 0 atom stereocenters. The first-order chi connectivity index (χ1) is 8.47. The van der Waals surface area contributed by atoms with Crippen molar-refractivity contribution in [2.24, 2.45) is 11.8 Å². The predicted molar refractivity (Wildman–Crippen MR) is 68.1 cm³/mol. The van der Waals surface area contributed by atoms with Gasteiger partial charge in [0.05, 0.1) is 0 Å². The van der Waals surface area contributed by atoms with Crippen LogP contribution >= 0.6 is 0 Å². The molecule has 1 fully saturated rings. The molecule has 0 amide bonds. The Morgan fingerprint density at radius 2 is 1.83 bits per heavy atom. The monoisotopic (exact) mass is 254 g/mol. The van der Waals surface area contributed by atoms with Crippen LogP contribution in [-0.2, 0) is 14.3 Å². The fraction of sp³-hybridized carbons (Fsp3) is 0.714. The number of carboxylic acid groups (broad SMARTS) is 1. The van der Waals surface area contributed by atoms with Crippen molar-refractivity contribution in [3.63, 3.8) is 0 Å². The van der Waals surface area contributed by atoms with Crippen LogP contribution in [0.25, 0.3) is 0 Å². The van der Waals surface area contributed by atoms with Crippen LogP contribution in [0.2, 0.25) is 0 Å². The lowest BCUT2D eigenvalue weighted by Gasteiger charge is -2.28. The molecule has 0 aliphatic heterocycles. The molecule has 4 heteroatoms. The fourth-order valence-corrected chi connectivity index (χ4v) is 2.49. The Balaban J connectivity index is 2.27. The number of carbonyl (C=O) groups is 2. The van der Waals surface area contributed by atoms with Gasteiger partial charge in [-0.25, -0.2) is 9.59 Å². The summed E-state index contributed by atoms with van der Waals surface area (Å²) in [4.78, 5) is 21.5. The number of hydrogen-bond donors (Lipinski definition) is 1. The maximum Gasteiger partial charge on any atom is 0.331 e. The Hall–Kier alpha value is -1.32. The molecule has 1 aliphatic carbocycles. The second kappa shape index (κ2) is 7.19. The van der Waals surface area contributed by atoms with Gasteiger partial charge < -0.3 is 9.84 Å². The quantitative estimate of drug-likeness (QED) is 0.605. The zero-order valence-corrected chi connectivity index (χ0v) is 11.1. The number of aliphatic carboxylic acids is 1. The van der Waals surface area contributed by atoms with E-state index in [1.54, 1.807) is 0 Å². The van der Waals surface area contributed by atoms with Gasteiger partial charge in [-0.1, -0.05) is 13.8 Å². The maximum atomic E-state index is 11.3. The van der Waals surface area contributed by atoms with Gasteiger partial charge in [-0.3, -0.25) is 0 Å². The number of carboxylic acids is 1. The lowest BCUT2D eigenvalue weighted by Crippen LogP contribution is -2.24. The first-order valence-electron chi connectivity index (χ1n) is 6.59. The van der Waals surface area contributed by atoms with Crippen LogP contribution < -0.4 is 0 Å². The largest absolute Gasteiger partial charge is 0.478 e. The third-order valence-corrected chi connectivity index (χ3v) is 3.24. The summed E-state index contributed by atoms with van der Waals surface area (Å²) in [5, 5.41) is 8.39. The van der Waals surface area contributed by atoms with E-state index in [9.17, 15) is 9.59 Å². The molecule has 0 saturated heterocycles. The summed E-state index contributed by atoms with van der Waals surface area (Å²) in [6.45, 7) is 4.45. The van der Waals surface area contributed by atoms with E-state index < -0.39 is 11.9 Å². The van der Waals surface area contributed by atoms with Crippen molar-refractivity contribution >= 4 is 11.9 Å². The van der Waals surface area contributed by atoms with Gasteiger partial charge in [0, 0.05) is 12.2 Å². The molecule has 0 unspecified atom stereocenters. The topological polar surface area (TPSA) is 63.6 Å². The number of rotatable bonds is 5. The summed E-state index contributed by atoms with van der Waals surface area (Å²) >= 11 is 0. The first-order valence-corrected chi connectivity index (χ1v) is 6.59. The van der Waals surface area contributed by atoms with Crippen LogP contribution in [0.1, 0.15) is 46.0 Å². The van der Waals surface area contributed by atoms with Crippen LogP contribution in [0.3, 0.4) is 0 Å². The van der Waals surface area contributed by atoms with E-state index in [4.69, 9.17) is 9.84 Å². The Kier molecular flexibility index (Phi) is 5.89. The Bertz CT molecular complexity index is 312. The standard InChI is InChI=1S/C14H22O4/c1-10(2)9-11-3-5-12(6-4-11)18-14(17)8-7-13(15)16/h7-8,10-12H,3-6,9H2,1-2H3,(H,15,16)/b8-7+. The molecule has 102 valence electrons.